The number of unbranched alkanes of at least 4 members (excludes halogenated alkanes) is 52. The van der Waals surface area contributed by atoms with Gasteiger partial charge in [0.05, 0.1) is 6.54 Å². The molecule has 91 heavy (non-hydrogen) atoms. The van der Waals surface area contributed by atoms with Crippen molar-refractivity contribution in [2.75, 3.05) is 78.5 Å². The van der Waals surface area contributed by atoms with Gasteiger partial charge in [-0.25, -0.2) is 5.01 Å². The fourth-order valence-electron chi connectivity index (χ4n) is 12.9. The summed E-state index contributed by atoms with van der Waals surface area (Å²) in [6, 6.07) is 0. The van der Waals surface area contributed by atoms with Crippen molar-refractivity contribution in [3.63, 3.8) is 0 Å². The van der Waals surface area contributed by atoms with Crippen molar-refractivity contribution in [1.29, 1.82) is 0 Å². The van der Waals surface area contributed by atoms with Crippen LogP contribution in [0.25, 0.3) is 0 Å². The fraction of sp³-hybridized carbons (Fsp3) is 0.927. The van der Waals surface area contributed by atoms with Crippen LogP contribution < -0.4 is 26.6 Å². The highest BCUT2D eigenvalue weighted by Crippen LogP contribution is 2.18. The predicted octanol–water partition coefficient (Wildman–Crippen LogP) is 23.1. The monoisotopic (exact) mass is 1280 g/mol. The van der Waals surface area contributed by atoms with E-state index in [-0.39, 0.29) is 11.8 Å². The molecular formula is C82H165N7O2. The fourth-order valence-corrected chi connectivity index (χ4v) is 12.9. The van der Waals surface area contributed by atoms with E-state index < -0.39 is 0 Å². The van der Waals surface area contributed by atoms with E-state index in [1.54, 1.807) is 0 Å². The average molecular weight is 1280 g/mol. The summed E-state index contributed by atoms with van der Waals surface area (Å²) in [7, 11) is 0. The lowest BCUT2D eigenvalue weighted by atomic mass is 10.0. The molecule has 0 bridgehead atoms. The molecule has 540 valence electrons. The Morgan fingerprint density at radius 1 is 0.242 bits per heavy atom. The van der Waals surface area contributed by atoms with Crippen LogP contribution in [0.5, 0.6) is 0 Å². The van der Waals surface area contributed by atoms with Crippen molar-refractivity contribution in [1.82, 2.24) is 36.6 Å². The van der Waals surface area contributed by atoms with Gasteiger partial charge < -0.3 is 26.6 Å². The molecule has 0 atom stereocenters. The van der Waals surface area contributed by atoms with Crippen molar-refractivity contribution < 1.29 is 9.59 Å². The quantitative estimate of drug-likeness (QED) is 0.0235. The van der Waals surface area contributed by atoms with Crippen LogP contribution >= 0.6 is 0 Å². The summed E-state index contributed by atoms with van der Waals surface area (Å²) in [5.41, 5.74) is 0. The van der Waals surface area contributed by atoms with Gasteiger partial charge in [0.1, 0.15) is 0 Å². The zero-order valence-electron chi connectivity index (χ0n) is 62.4. The molecule has 0 aromatic rings. The third-order valence-electron chi connectivity index (χ3n) is 19.1. The summed E-state index contributed by atoms with van der Waals surface area (Å²) >= 11 is 0. The van der Waals surface area contributed by atoms with Crippen LogP contribution in [-0.4, -0.2) is 100 Å². The van der Waals surface area contributed by atoms with Crippen LogP contribution in [-0.2, 0) is 9.59 Å². The molecule has 9 nitrogen and oxygen atoms in total. The molecule has 0 rings (SSSR count). The van der Waals surface area contributed by atoms with Crippen molar-refractivity contribution in [3.05, 3.63) is 24.3 Å². The minimum atomic E-state index is 0.178. The molecule has 0 aromatic carbocycles. The molecule has 0 aromatic heterocycles. The van der Waals surface area contributed by atoms with Gasteiger partial charge in [0, 0.05) is 78.3 Å². The Morgan fingerprint density at radius 2 is 0.505 bits per heavy atom. The van der Waals surface area contributed by atoms with Gasteiger partial charge >= 0.3 is 0 Å². The van der Waals surface area contributed by atoms with Gasteiger partial charge in [0.25, 0.3) is 0 Å². The van der Waals surface area contributed by atoms with Crippen molar-refractivity contribution in [2.45, 2.75) is 413 Å². The molecule has 0 aliphatic carbocycles. The summed E-state index contributed by atoms with van der Waals surface area (Å²) in [6.07, 6.45) is 88.2. The maximum Gasteiger partial charge on any atom is 0.236 e. The lowest BCUT2D eigenvalue weighted by molar-refractivity contribution is -0.149. The SMILES string of the molecule is CCCCCCCC/C=C\CCCCCCCCNCCNCCNCCN(CCCCCCCC/C=C\CCCCCCCC)N(CCNCCNC(=O)CCCCCCCCCCCCCCCCC)C(=O)CCCCCCCCCCCCCCCCC. The molecule has 0 radical (unpaired) electrons. The second-order valence-electron chi connectivity index (χ2n) is 28.1. The lowest BCUT2D eigenvalue weighted by Crippen LogP contribution is -2.52. The number of rotatable bonds is 80. The van der Waals surface area contributed by atoms with Gasteiger partial charge in [0.15, 0.2) is 0 Å². The van der Waals surface area contributed by atoms with E-state index in [0.29, 0.717) is 25.9 Å². The lowest BCUT2D eigenvalue weighted by Gasteiger charge is -2.35. The Hall–Kier alpha value is -1.78. The molecule has 0 heterocycles. The number of hydrogen-bond acceptors (Lipinski definition) is 7. The first-order valence-electron chi connectivity index (χ1n) is 41.5. The number of hydrogen-bond donors (Lipinski definition) is 5. The minimum Gasteiger partial charge on any atom is -0.355 e. The van der Waals surface area contributed by atoms with E-state index in [1.807, 2.05) is 0 Å². The van der Waals surface area contributed by atoms with Crippen LogP contribution in [0.3, 0.4) is 0 Å². The summed E-state index contributed by atoms with van der Waals surface area (Å²) in [5, 5.41) is 22.4. The Morgan fingerprint density at radius 3 is 0.868 bits per heavy atom. The van der Waals surface area contributed by atoms with E-state index in [2.05, 4.69) is 88.6 Å². The number of allylic oxidation sites excluding steroid dienone is 4. The highest BCUT2D eigenvalue weighted by atomic mass is 16.2. The molecule has 9 heteroatoms. The van der Waals surface area contributed by atoms with E-state index in [1.165, 1.54) is 340 Å². The molecule has 0 fully saturated rings. The van der Waals surface area contributed by atoms with Gasteiger partial charge in [-0.1, -0.05) is 347 Å². The number of carbonyl (C=O) groups is 2. The van der Waals surface area contributed by atoms with Crippen molar-refractivity contribution >= 4 is 11.8 Å². The zero-order valence-corrected chi connectivity index (χ0v) is 62.4. The molecule has 0 aliphatic heterocycles. The standard InChI is InChI=1S/C82H165N7O2/c1-5-9-13-17-21-25-29-33-37-41-45-49-53-57-61-65-69-83-70-71-84-72-73-85-76-79-88(78-66-62-58-54-50-46-42-38-34-30-26-22-18-14-10-6-2)89(82(91)68-64-60-56-52-48-44-40-36-32-28-24-20-16-12-8-4)80-77-86-74-75-87-81(90)67-63-59-55-51-47-43-39-35-31-27-23-19-15-11-7-3/h33-34,37-38,83-86H,5-32,35-36,39-80H2,1-4H3,(H,87,90)/b37-33-,38-34-. The van der Waals surface area contributed by atoms with Crippen LogP contribution in [0.15, 0.2) is 24.3 Å². The molecule has 2 amide bonds. The highest BCUT2D eigenvalue weighted by molar-refractivity contribution is 5.76. The first kappa shape index (κ1) is 89.2. The largest absolute Gasteiger partial charge is 0.355 e. The Bertz CT molecular complexity index is 1440. The van der Waals surface area contributed by atoms with Gasteiger partial charge in [-0.15, -0.1) is 0 Å². The Kier molecular flexibility index (Phi) is 79.1. The second-order valence-corrected chi connectivity index (χ2v) is 28.1. The van der Waals surface area contributed by atoms with E-state index >= 15 is 0 Å². The van der Waals surface area contributed by atoms with Crippen LogP contribution in [0, 0.1) is 0 Å². The van der Waals surface area contributed by atoms with Crippen molar-refractivity contribution in [3.8, 4) is 0 Å². The van der Waals surface area contributed by atoms with Crippen LogP contribution in [0.4, 0.5) is 0 Å². The Balaban J connectivity index is 5.08. The van der Waals surface area contributed by atoms with Gasteiger partial charge in [-0.3, -0.25) is 14.6 Å². The van der Waals surface area contributed by atoms with Gasteiger partial charge in [-0.2, -0.15) is 0 Å². The maximum absolute atomic E-state index is 14.4. The predicted molar refractivity (Wildman–Crippen MR) is 406 cm³/mol. The Labute approximate surface area is 570 Å². The summed E-state index contributed by atoms with van der Waals surface area (Å²) in [4.78, 5) is 27.2. The van der Waals surface area contributed by atoms with Crippen LogP contribution in [0.2, 0.25) is 0 Å². The molecule has 0 saturated heterocycles. The minimum absolute atomic E-state index is 0.178. The third-order valence-corrected chi connectivity index (χ3v) is 19.1. The molecule has 5 N–H and O–H groups in total. The van der Waals surface area contributed by atoms with Gasteiger partial charge in [-0.05, 0) is 83.6 Å². The number of nitrogens with zero attached hydrogens (tertiary/aromatic N) is 2. The summed E-state index contributed by atoms with van der Waals surface area (Å²) < 4.78 is 0. The van der Waals surface area contributed by atoms with Crippen LogP contribution in [0.1, 0.15) is 413 Å². The first-order valence-corrected chi connectivity index (χ1v) is 41.5. The summed E-state index contributed by atoms with van der Waals surface area (Å²) in [6.45, 7) is 19.6. The maximum atomic E-state index is 14.4. The molecular weight excluding hydrogens is 1110 g/mol. The third kappa shape index (κ3) is 73.9. The van der Waals surface area contributed by atoms with Crippen molar-refractivity contribution in [2.24, 2.45) is 0 Å². The molecule has 0 aliphatic rings. The van der Waals surface area contributed by atoms with E-state index in [9.17, 15) is 9.59 Å². The smallest absolute Gasteiger partial charge is 0.236 e. The first-order chi connectivity index (χ1) is 45.1. The van der Waals surface area contributed by atoms with Gasteiger partial charge in [0.2, 0.25) is 11.8 Å². The topological polar surface area (TPSA) is 101 Å². The highest BCUT2D eigenvalue weighted by Gasteiger charge is 2.21. The summed E-state index contributed by atoms with van der Waals surface area (Å²) in [5.74, 6) is 0.460. The zero-order chi connectivity index (χ0) is 65.6. The molecule has 0 unspecified atom stereocenters. The number of hydrazine groups is 1. The molecule has 0 saturated carbocycles. The number of amides is 2. The second kappa shape index (κ2) is 80.7. The number of nitrogens with one attached hydrogen (secondary N) is 5. The average Bonchev–Trinajstić information content (AvgIpc) is 3.32. The van der Waals surface area contributed by atoms with E-state index in [0.717, 1.165) is 97.6 Å². The number of carbonyl (C=O) groups excluding carboxylic acids is 2. The molecule has 0 spiro atoms. The van der Waals surface area contributed by atoms with E-state index in [4.69, 9.17) is 0 Å². The normalized spacial score (nSPS) is 11.9.